The van der Waals surface area contributed by atoms with E-state index in [1.165, 1.54) is 27.8 Å². The van der Waals surface area contributed by atoms with E-state index in [1.54, 1.807) is 12.1 Å². The Morgan fingerprint density at radius 3 is 2.92 bits per heavy atom. The van der Waals surface area contributed by atoms with Crippen LogP contribution in [-0.2, 0) is 21.4 Å². The summed E-state index contributed by atoms with van der Waals surface area (Å²) in [7, 11) is -3.73. The number of sulfonamides is 1. The summed E-state index contributed by atoms with van der Waals surface area (Å²) >= 11 is 1.49. The maximum absolute atomic E-state index is 12.9. The summed E-state index contributed by atoms with van der Waals surface area (Å²) in [5, 5.41) is 4.53. The van der Waals surface area contributed by atoms with Gasteiger partial charge in [0.2, 0.25) is 10.0 Å². The molecule has 0 saturated carbocycles. The van der Waals surface area contributed by atoms with Crippen LogP contribution in [0.25, 0.3) is 0 Å². The van der Waals surface area contributed by atoms with E-state index in [4.69, 9.17) is 4.74 Å². The van der Waals surface area contributed by atoms with Gasteiger partial charge in [0.15, 0.2) is 6.61 Å². The zero-order valence-corrected chi connectivity index (χ0v) is 14.4. The molecule has 0 atom stereocenters. The summed E-state index contributed by atoms with van der Waals surface area (Å²) in [5.41, 5.74) is 0.363. The Hall–Kier alpha value is -2.16. The zero-order chi connectivity index (χ0) is 17.2. The molecule has 8 heteroatoms. The van der Waals surface area contributed by atoms with Gasteiger partial charge in [0.05, 0.1) is 10.6 Å². The van der Waals surface area contributed by atoms with Crippen LogP contribution < -0.4 is 10.1 Å². The second kappa shape index (κ2) is 6.76. The summed E-state index contributed by atoms with van der Waals surface area (Å²) in [6.45, 7) is 4.03. The Kier molecular flexibility index (Phi) is 4.70. The highest BCUT2D eigenvalue weighted by Gasteiger charge is 2.26. The molecule has 0 bridgehead atoms. The van der Waals surface area contributed by atoms with Gasteiger partial charge in [-0.15, -0.1) is 17.9 Å². The molecule has 126 valence electrons. The Labute approximate surface area is 144 Å². The predicted molar refractivity (Wildman–Crippen MR) is 92.7 cm³/mol. The van der Waals surface area contributed by atoms with Crippen LogP contribution in [0.5, 0.6) is 5.75 Å². The normalized spacial score (nSPS) is 14.0. The number of benzene rings is 1. The van der Waals surface area contributed by atoms with Crippen LogP contribution in [0, 0.1) is 0 Å². The zero-order valence-electron chi connectivity index (χ0n) is 12.8. The minimum Gasteiger partial charge on any atom is -0.482 e. The molecule has 2 aromatic rings. The maximum Gasteiger partial charge on any atom is 0.262 e. The third-order valence-corrected chi connectivity index (χ3v) is 6.14. The molecule has 24 heavy (non-hydrogen) atoms. The highest BCUT2D eigenvalue weighted by molar-refractivity contribution is 7.89. The van der Waals surface area contributed by atoms with E-state index in [1.807, 2.05) is 17.5 Å². The molecule has 0 fully saturated rings. The smallest absolute Gasteiger partial charge is 0.262 e. The van der Waals surface area contributed by atoms with Crippen LogP contribution in [0.2, 0.25) is 0 Å². The predicted octanol–water partition coefficient (Wildman–Crippen LogP) is 2.46. The highest BCUT2D eigenvalue weighted by Crippen LogP contribution is 2.31. The van der Waals surface area contributed by atoms with Gasteiger partial charge >= 0.3 is 0 Å². The van der Waals surface area contributed by atoms with Crippen LogP contribution in [0.3, 0.4) is 0 Å². The molecular weight excluding hydrogens is 348 g/mol. The SMILES string of the molecule is C=CCN(Cc1cccs1)S(=O)(=O)c1ccc2c(c1)NC(=O)CO2. The van der Waals surface area contributed by atoms with E-state index in [0.29, 0.717) is 11.4 Å². The van der Waals surface area contributed by atoms with Crippen molar-refractivity contribution in [3.05, 3.63) is 53.2 Å². The lowest BCUT2D eigenvalue weighted by atomic mass is 10.2. The first-order chi connectivity index (χ1) is 11.5. The van der Waals surface area contributed by atoms with Gasteiger partial charge in [-0.2, -0.15) is 4.31 Å². The lowest BCUT2D eigenvalue weighted by Crippen LogP contribution is -2.31. The molecule has 0 radical (unpaired) electrons. The number of hydrogen-bond acceptors (Lipinski definition) is 5. The van der Waals surface area contributed by atoms with Crippen molar-refractivity contribution < 1.29 is 17.9 Å². The third-order valence-electron chi connectivity index (χ3n) is 3.47. The van der Waals surface area contributed by atoms with E-state index in [0.717, 1.165) is 4.88 Å². The van der Waals surface area contributed by atoms with Crippen molar-refractivity contribution in [1.82, 2.24) is 4.31 Å². The fourth-order valence-corrected chi connectivity index (χ4v) is 4.56. The first-order valence-corrected chi connectivity index (χ1v) is 9.53. The number of ether oxygens (including phenoxy) is 1. The molecule has 1 amide bonds. The summed E-state index contributed by atoms with van der Waals surface area (Å²) in [4.78, 5) is 12.5. The molecule has 0 unspecified atom stereocenters. The van der Waals surface area contributed by atoms with Crippen molar-refractivity contribution in [2.24, 2.45) is 0 Å². The van der Waals surface area contributed by atoms with Crippen LogP contribution in [0.15, 0.2) is 53.3 Å². The summed E-state index contributed by atoms with van der Waals surface area (Å²) in [5.74, 6) is 0.153. The molecule has 0 spiro atoms. The standard InChI is InChI=1S/C16H16N2O4S2/c1-2-7-18(10-12-4-3-8-23-12)24(20,21)13-5-6-15-14(9-13)17-16(19)11-22-15/h2-6,8-9H,1,7,10-11H2,(H,17,19). The summed E-state index contributed by atoms with van der Waals surface area (Å²) in [6, 6.07) is 8.23. The van der Waals surface area contributed by atoms with Crippen LogP contribution in [-0.4, -0.2) is 31.8 Å². The van der Waals surface area contributed by atoms with Gasteiger partial charge in [0.1, 0.15) is 5.75 Å². The maximum atomic E-state index is 12.9. The van der Waals surface area contributed by atoms with E-state index < -0.39 is 10.0 Å². The molecule has 0 saturated heterocycles. The molecule has 1 aliphatic rings. The number of nitrogens with zero attached hydrogens (tertiary/aromatic N) is 1. The van der Waals surface area contributed by atoms with Gasteiger partial charge in [0.25, 0.3) is 5.91 Å². The molecule has 2 heterocycles. The van der Waals surface area contributed by atoms with Crippen molar-refractivity contribution in [3.63, 3.8) is 0 Å². The number of fused-ring (bicyclic) bond motifs is 1. The molecule has 0 aliphatic carbocycles. The number of carbonyl (C=O) groups is 1. The van der Waals surface area contributed by atoms with E-state index >= 15 is 0 Å². The number of nitrogens with one attached hydrogen (secondary N) is 1. The molecular formula is C16H16N2O4S2. The van der Waals surface area contributed by atoms with Crippen molar-refractivity contribution in [1.29, 1.82) is 0 Å². The number of amides is 1. The van der Waals surface area contributed by atoms with Crippen molar-refractivity contribution in [2.75, 3.05) is 18.5 Å². The average Bonchev–Trinajstić information content (AvgIpc) is 3.07. The lowest BCUT2D eigenvalue weighted by Gasteiger charge is -2.22. The quantitative estimate of drug-likeness (QED) is 0.799. The minimum absolute atomic E-state index is 0.0694. The number of carbonyl (C=O) groups excluding carboxylic acids is 1. The van der Waals surface area contributed by atoms with E-state index in [9.17, 15) is 13.2 Å². The number of rotatable bonds is 6. The highest BCUT2D eigenvalue weighted by atomic mass is 32.2. The second-order valence-corrected chi connectivity index (χ2v) is 8.13. The van der Waals surface area contributed by atoms with E-state index in [2.05, 4.69) is 11.9 Å². The fourth-order valence-electron chi connectivity index (χ4n) is 2.34. The molecule has 1 aromatic heterocycles. The summed E-state index contributed by atoms with van der Waals surface area (Å²) in [6.07, 6.45) is 1.55. The summed E-state index contributed by atoms with van der Waals surface area (Å²) < 4.78 is 32.5. The van der Waals surface area contributed by atoms with Crippen molar-refractivity contribution in [3.8, 4) is 5.75 Å². The molecule has 1 aromatic carbocycles. The number of thiophene rings is 1. The van der Waals surface area contributed by atoms with Crippen LogP contribution in [0.4, 0.5) is 5.69 Å². The number of anilines is 1. The Balaban J connectivity index is 1.94. The van der Waals surface area contributed by atoms with Crippen molar-refractivity contribution >= 4 is 33.0 Å². The minimum atomic E-state index is -3.73. The van der Waals surface area contributed by atoms with Gasteiger partial charge < -0.3 is 10.1 Å². The van der Waals surface area contributed by atoms with Gasteiger partial charge in [0, 0.05) is 18.0 Å². The fraction of sp³-hybridized carbons (Fsp3) is 0.188. The largest absolute Gasteiger partial charge is 0.482 e. The molecule has 6 nitrogen and oxygen atoms in total. The molecule has 1 N–H and O–H groups in total. The first-order valence-electron chi connectivity index (χ1n) is 7.21. The second-order valence-electron chi connectivity index (χ2n) is 5.16. The van der Waals surface area contributed by atoms with Gasteiger partial charge in [-0.1, -0.05) is 12.1 Å². The third kappa shape index (κ3) is 3.35. The first kappa shape index (κ1) is 16.7. The van der Waals surface area contributed by atoms with Gasteiger partial charge in [-0.25, -0.2) is 8.42 Å². The molecule has 1 aliphatic heterocycles. The van der Waals surface area contributed by atoms with Crippen LogP contribution >= 0.6 is 11.3 Å². The van der Waals surface area contributed by atoms with Crippen molar-refractivity contribution in [2.45, 2.75) is 11.4 Å². The molecule has 3 rings (SSSR count). The lowest BCUT2D eigenvalue weighted by molar-refractivity contribution is -0.118. The topological polar surface area (TPSA) is 75.7 Å². The Bertz CT molecular complexity index is 860. The van der Waals surface area contributed by atoms with Gasteiger partial charge in [-0.05, 0) is 29.6 Å². The van der Waals surface area contributed by atoms with E-state index in [-0.39, 0.29) is 30.5 Å². The average molecular weight is 364 g/mol. The number of hydrogen-bond donors (Lipinski definition) is 1. The Morgan fingerprint density at radius 1 is 1.38 bits per heavy atom. The van der Waals surface area contributed by atoms with Crippen LogP contribution in [0.1, 0.15) is 4.88 Å². The van der Waals surface area contributed by atoms with Gasteiger partial charge in [-0.3, -0.25) is 4.79 Å². The Morgan fingerprint density at radius 2 is 2.21 bits per heavy atom. The monoisotopic (exact) mass is 364 g/mol.